The molecule has 0 aromatic rings. The van der Waals surface area contributed by atoms with Crippen molar-refractivity contribution in [1.82, 2.24) is 9.80 Å². The number of carbonyl (C=O) groups excluding carboxylic acids is 4. The van der Waals surface area contributed by atoms with Gasteiger partial charge in [0.15, 0.2) is 0 Å². The van der Waals surface area contributed by atoms with Crippen LogP contribution in [-0.2, 0) is 23.8 Å². The molecular formula is C14H24BN3Na4O13. The average molecular weight is 545 g/mol. The molecule has 0 heterocycles. The Hall–Kier alpha value is 1.62. The van der Waals surface area contributed by atoms with E-state index in [-0.39, 0.29) is 131 Å². The fourth-order valence-electron chi connectivity index (χ4n) is 1.88. The van der Waals surface area contributed by atoms with E-state index in [1.807, 2.05) is 0 Å². The second kappa shape index (κ2) is 28.6. The summed E-state index contributed by atoms with van der Waals surface area (Å²) in [6.45, 7) is -5.24. The third-order valence-electron chi connectivity index (χ3n) is 3.46. The number of aliphatic carboxylic acids is 4. The first-order valence-electron chi connectivity index (χ1n) is 8.46. The van der Waals surface area contributed by atoms with Gasteiger partial charge in [-0.1, -0.05) is 0 Å². The Morgan fingerprint density at radius 3 is 1.14 bits per heavy atom. The van der Waals surface area contributed by atoms with E-state index >= 15 is 0 Å². The fraction of sp³-hybridized carbons (Fsp3) is 0.714. The molecule has 0 aromatic heterocycles. The van der Waals surface area contributed by atoms with E-state index in [4.69, 9.17) is 26.1 Å². The zero-order valence-electron chi connectivity index (χ0n) is 20.4. The summed E-state index contributed by atoms with van der Waals surface area (Å²) in [6.07, 6.45) is 0. The smallest absolute Gasteiger partial charge is 0.549 e. The van der Waals surface area contributed by atoms with Crippen LogP contribution < -0.4 is 144 Å². The number of carboxylic acid groups (broad SMARTS) is 4. The van der Waals surface area contributed by atoms with Gasteiger partial charge in [0.25, 0.3) is 0 Å². The molecule has 0 radical (unpaired) electrons. The van der Waals surface area contributed by atoms with Crippen molar-refractivity contribution in [2.75, 3.05) is 59.3 Å². The summed E-state index contributed by atoms with van der Waals surface area (Å²) in [7, 11) is -1.58. The zero-order chi connectivity index (χ0) is 24.6. The largest absolute Gasteiger partial charge is 1.00 e. The molecule has 0 saturated heterocycles. The number of carbonyl (C=O) groups is 4. The van der Waals surface area contributed by atoms with E-state index in [0.717, 1.165) is 9.80 Å². The van der Waals surface area contributed by atoms with Crippen molar-refractivity contribution in [1.29, 1.82) is 0 Å². The molecule has 0 unspecified atom stereocenters. The van der Waals surface area contributed by atoms with E-state index in [1.165, 1.54) is 0 Å². The van der Waals surface area contributed by atoms with Crippen LogP contribution in [0.1, 0.15) is 0 Å². The van der Waals surface area contributed by atoms with Crippen LogP contribution in [-0.4, -0.2) is 126 Å². The molecule has 180 valence electrons. The summed E-state index contributed by atoms with van der Waals surface area (Å²) < 4.78 is 4.25. The molecule has 0 bridgehead atoms. The number of nitrogens with two attached hydrogens (primary N) is 1. The van der Waals surface area contributed by atoms with Crippen molar-refractivity contribution in [3.63, 3.8) is 0 Å². The number of hydrogen-bond donors (Lipinski definition) is 5. The summed E-state index contributed by atoms with van der Waals surface area (Å²) in [5.74, 6) is -6.12. The van der Waals surface area contributed by atoms with Gasteiger partial charge < -0.3 is 70.3 Å². The fourth-order valence-corrected chi connectivity index (χ4v) is 1.88. The molecule has 0 amide bonds. The van der Waals surface area contributed by atoms with Crippen molar-refractivity contribution in [2.24, 2.45) is 5.73 Å². The number of aliphatic hydroxyl groups is 3. The maximum absolute atomic E-state index is 10.4. The van der Waals surface area contributed by atoms with Crippen LogP contribution in [0.5, 0.6) is 0 Å². The molecule has 6 N–H and O–H groups in total. The van der Waals surface area contributed by atoms with Gasteiger partial charge in [0, 0.05) is 39.3 Å². The van der Waals surface area contributed by atoms with Gasteiger partial charge in [-0.3, -0.25) is 9.80 Å². The molecule has 16 nitrogen and oxygen atoms in total. The molecule has 0 aliphatic heterocycles. The average Bonchev–Trinajstić information content (AvgIpc) is 2.64. The van der Waals surface area contributed by atoms with Crippen molar-refractivity contribution in [3.05, 3.63) is 0 Å². The molecule has 0 aliphatic rings. The standard InChI is InChI=1S/C10H16N2O8.C4H12BNO5.4Na/c13-7(14)3-11(4-8(15)16)1-2-12(5-9(17)18)6-10(19)20;6-4(1-7,2-8)5(10)11-3-9;;;;/h1-6H2,(H,13,14)(H,15,16)(H,17,18)(H,19,20);7-10H,1-3,6H2;;;;/q;;4*+1/p-4. The van der Waals surface area contributed by atoms with Crippen molar-refractivity contribution in [3.8, 4) is 0 Å². The second-order valence-electron chi connectivity index (χ2n) is 6.11. The van der Waals surface area contributed by atoms with Gasteiger partial charge in [-0.2, -0.15) is 0 Å². The molecule has 0 rings (SSSR count). The van der Waals surface area contributed by atoms with E-state index < -0.39 is 82.6 Å². The Morgan fingerprint density at radius 1 is 0.714 bits per heavy atom. The van der Waals surface area contributed by atoms with Gasteiger partial charge in [-0.15, -0.1) is 0 Å². The molecule has 0 spiro atoms. The minimum Gasteiger partial charge on any atom is -0.549 e. The van der Waals surface area contributed by atoms with Crippen LogP contribution in [0.4, 0.5) is 0 Å². The molecule has 0 atom stereocenters. The molecule has 0 saturated carbocycles. The van der Waals surface area contributed by atoms with Crippen molar-refractivity contribution >= 4 is 31.0 Å². The van der Waals surface area contributed by atoms with E-state index in [1.54, 1.807) is 0 Å². The third kappa shape index (κ3) is 28.5. The van der Waals surface area contributed by atoms with Gasteiger partial charge in [0.05, 0.1) is 42.5 Å². The van der Waals surface area contributed by atoms with Crippen LogP contribution in [0.3, 0.4) is 0 Å². The predicted octanol–water partition coefficient (Wildman–Crippen LogP) is -22.7. The first-order chi connectivity index (χ1) is 14.3. The number of rotatable bonds is 16. The van der Waals surface area contributed by atoms with E-state index in [2.05, 4.69) is 4.65 Å². The second-order valence-corrected chi connectivity index (χ2v) is 6.11. The van der Waals surface area contributed by atoms with Gasteiger partial charge >= 0.3 is 125 Å². The molecule has 21 heteroatoms. The van der Waals surface area contributed by atoms with Crippen molar-refractivity contribution < 1.29 is 183 Å². The van der Waals surface area contributed by atoms with E-state index in [0.29, 0.717) is 0 Å². The summed E-state index contributed by atoms with van der Waals surface area (Å²) in [5.41, 5.74) is 3.62. The number of hydrogen-bond acceptors (Lipinski definition) is 16. The summed E-state index contributed by atoms with van der Waals surface area (Å²) in [4.78, 5) is 43.4. The molecule has 0 fully saturated rings. The molecular weight excluding hydrogens is 521 g/mol. The van der Waals surface area contributed by atoms with E-state index in [9.17, 15) is 39.6 Å². The monoisotopic (exact) mass is 545 g/mol. The maximum atomic E-state index is 10.4. The number of nitrogens with zero attached hydrogens (tertiary/aromatic N) is 2. The van der Waals surface area contributed by atoms with Crippen LogP contribution >= 0.6 is 0 Å². The Kier molecular flexibility index (Phi) is 40.5. The van der Waals surface area contributed by atoms with Crippen LogP contribution in [0.2, 0.25) is 0 Å². The molecule has 35 heavy (non-hydrogen) atoms. The number of carboxylic acids is 4. The van der Waals surface area contributed by atoms with Crippen molar-refractivity contribution in [2.45, 2.75) is 5.44 Å². The quantitative estimate of drug-likeness (QED) is 0.0889. The minimum atomic E-state index is -1.62. The van der Waals surface area contributed by atoms with Crippen LogP contribution in [0.25, 0.3) is 0 Å². The Balaban J connectivity index is -0.000000122. The van der Waals surface area contributed by atoms with Gasteiger partial charge in [0.1, 0.15) is 6.79 Å². The topological polar surface area (TPSA) is 283 Å². The molecule has 0 aromatic carbocycles. The summed E-state index contributed by atoms with van der Waals surface area (Å²) in [6, 6.07) is 0. The van der Waals surface area contributed by atoms with Crippen LogP contribution in [0.15, 0.2) is 0 Å². The summed E-state index contributed by atoms with van der Waals surface area (Å²) >= 11 is 0. The van der Waals surface area contributed by atoms with Crippen LogP contribution in [0, 0.1) is 0 Å². The van der Waals surface area contributed by atoms with Gasteiger partial charge in [-0.05, 0) is 0 Å². The number of aliphatic hydroxyl groups excluding tert-OH is 3. The Bertz CT molecular complexity index is 526. The predicted molar refractivity (Wildman–Crippen MR) is 90.1 cm³/mol. The summed E-state index contributed by atoms with van der Waals surface area (Å²) in [5, 5.41) is 75.9. The Labute approximate surface area is 290 Å². The SMILES string of the molecule is NC(CO)(CO)B(O)OCO.O=C([O-])CN(CCN(CC(=O)[O-])CC(=O)[O-])CC(=O)[O-].[Na+].[Na+].[Na+].[Na+]. The first kappa shape index (κ1) is 49.6. The zero-order valence-corrected chi connectivity index (χ0v) is 28.4. The van der Waals surface area contributed by atoms with Gasteiger partial charge in [0.2, 0.25) is 0 Å². The Morgan fingerprint density at radius 2 is 0.971 bits per heavy atom. The maximum Gasteiger partial charge on any atom is 1.00 e. The third-order valence-corrected chi connectivity index (χ3v) is 3.46. The molecule has 0 aliphatic carbocycles. The van der Waals surface area contributed by atoms with Gasteiger partial charge in [-0.25, -0.2) is 0 Å². The first-order valence-corrected chi connectivity index (χ1v) is 8.46. The normalized spacial score (nSPS) is 9.80. The minimum absolute atomic E-state index is 0.